The van der Waals surface area contributed by atoms with E-state index in [0.29, 0.717) is 29.0 Å². The molecule has 2 aromatic rings. The quantitative estimate of drug-likeness (QED) is 0.837. The molecule has 2 saturated heterocycles. The molecule has 2 N–H and O–H groups in total. The lowest BCUT2D eigenvalue weighted by Crippen LogP contribution is -2.37. The molecule has 0 aromatic carbocycles. The third-order valence-electron chi connectivity index (χ3n) is 5.26. The summed E-state index contributed by atoms with van der Waals surface area (Å²) in [4.78, 5) is 29.9. The SMILES string of the molecule is Cc1cc(NC(=O)c2ccco2)sc1C(=O)N1CCC(N2CCC(O)C2)C1. The number of rotatable bonds is 4. The van der Waals surface area contributed by atoms with E-state index in [0.717, 1.165) is 31.5 Å². The van der Waals surface area contributed by atoms with Gasteiger partial charge >= 0.3 is 0 Å². The normalized spacial score (nSPS) is 23.1. The largest absolute Gasteiger partial charge is 0.459 e. The van der Waals surface area contributed by atoms with Gasteiger partial charge in [0.25, 0.3) is 11.8 Å². The van der Waals surface area contributed by atoms with Crippen molar-refractivity contribution in [3.05, 3.63) is 40.7 Å². The fraction of sp³-hybridized carbons (Fsp3) is 0.474. The number of amides is 2. The number of carbonyl (C=O) groups is 2. The Morgan fingerprint density at radius 2 is 2.15 bits per heavy atom. The van der Waals surface area contributed by atoms with Crippen LogP contribution in [0.3, 0.4) is 0 Å². The molecule has 2 fully saturated rings. The predicted molar refractivity (Wildman–Crippen MR) is 102 cm³/mol. The van der Waals surface area contributed by atoms with Gasteiger partial charge in [0, 0.05) is 32.2 Å². The molecule has 2 aliphatic rings. The minimum atomic E-state index is -0.325. The lowest BCUT2D eigenvalue weighted by Gasteiger charge is -2.23. The summed E-state index contributed by atoms with van der Waals surface area (Å²) in [6, 6.07) is 5.40. The van der Waals surface area contributed by atoms with Crippen LogP contribution in [0, 0.1) is 6.92 Å². The molecule has 0 spiro atoms. The van der Waals surface area contributed by atoms with Crippen LogP contribution in [0.25, 0.3) is 0 Å². The van der Waals surface area contributed by atoms with Gasteiger partial charge in [0.2, 0.25) is 0 Å². The summed E-state index contributed by atoms with van der Waals surface area (Å²) in [6.07, 6.45) is 2.96. The van der Waals surface area contributed by atoms with Crippen LogP contribution in [0.1, 0.15) is 38.6 Å². The van der Waals surface area contributed by atoms with E-state index in [1.807, 2.05) is 17.9 Å². The van der Waals surface area contributed by atoms with E-state index in [4.69, 9.17) is 4.42 Å². The van der Waals surface area contributed by atoms with E-state index >= 15 is 0 Å². The first-order valence-electron chi connectivity index (χ1n) is 9.18. The predicted octanol–water partition coefficient (Wildman–Crippen LogP) is 2.18. The van der Waals surface area contributed by atoms with Crippen molar-refractivity contribution >= 4 is 28.2 Å². The zero-order valence-electron chi connectivity index (χ0n) is 15.2. The number of hydrogen-bond acceptors (Lipinski definition) is 6. The number of anilines is 1. The Balaban J connectivity index is 1.40. The summed E-state index contributed by atoms with van der Waals surface area (Å²) >= 11 is 1.30. The highest BCUT2D eigenvalue weighted by Crippen LogP contribution is 2.30. The van der Waals surface area contributed by atoms with Crippen LogP contribution in [0.2, 0.25) is 0 Å². The summed E-state index contributed by atoms with van der Waals surface area (Å²) in [5, 5.41) is 13.2. The number of thiophene rings is 1. The number of aryl methyl sites for hydroxylation is 1. The Labute approximate surface area is 161 Å². The molecule has 8 heteroatoms. The van der Waals surface area contributed by atoms with Gasteiger partial charge in [0.1, 0.15) is 0 Å². The highest BCUT2D eigenvalue weighted by atomic mass is 32.1. The number of β-amino-alcohol motifs (C(OH)–C–C–N with tert-alkyl or cyclic N) is 1. The minimum absolute atomic E-state index is 0.0123. The van der Waals surface area contributed by atoms with Crippen LogP contribution in [-0.4, -0.2) is 65.0 Å². The van der Waals surface area contributed by atoms with Crippen LogP contribution in [0.5, 0.6) is 0 Å². The van der Waals surface area contributed by atoms with Gasteiger partial charge in [-0.25, -0.2) is 0 Å². The van der Waals surface area contributed by atoms with Crippen LogP contribution in [0.4, 0.5) is 5.00 Å². The van der Waals surface area contributed by atoms with Crippen molar-refractivity contribution in [2.75, 3.05) is 31.5 Å². The highest BCUT2D eigenvalue weighted by molar-refractivity contribution is 7.18. The summed E-state index contributed by atoms with van der Waals surface area (Å²) in [7, 11) is 0. The van der Waals surface area contributed by atoms with Crippen molar-refractivity contribution in [3.63, 3.8) is 0 Å². The maximum absolute atomic E-state index is 13.0. The number of aliphatic hydroxyl groups excluding tert-OH is 1. The molecule has 2 atom stereocenters. The van der Waals surface area contributed by atoms with Gasteiger partial charge in [-0.2, -0.15) is 0 Å². The smallest absolute Gasteiger partial charge is 0.291 e. The van der Waals surface area contributed by atoms with Crippen molar-refractivity contribution in [1.29, 1.82) is 0 Å². The van der Waals surface area contributed by atoms with Crippen molar-refractivity contribution < 1.29 is 19.1 Å². The number of hydrogen-bond donors (Lipinski definition) is 2. The Hall–Kier alpha value is -2.16. The number of nitrogens with one attached hydrogen (secondary N) is 1. The van der Waals surface area contributed by atoms with Gasteiger partial charge in [-0.1, -0.05) is 0 Å². The number of nitrogens with zero attached hydrogens (tertiary/aromatic N) is 2. The maximum Gasteiger partial charge on any atom is 0.291 e. The third kappa shape index (κ3) is 3.78. The van der Waals surface area contributed by atoms with E-state index in [1.165, 1.54) is 17.6 Å². The summed E-state index contributed by atoms with van der Waals surface area (Å²) in [6.45, 7) is 4.90. The van der Waals surface area contributed by atoms with Crippen LogP contribution in [0.15, 0.2) is 28.9 Å². The Kier molecular flexibility index (Phi) is 5.03. The summed E-state index contributed by atoms with van der Waals surface area (Å²) in [5.74, 6) is -0.0727. The molecule has 0 radical (unpaired) electrons. The first-order chi connectivity index (χ1) is 13.0. The van der Waals surface area contributed by atoms with Crippen LogP contribution in [-0.2, 0) is 0 Å². The van der Waals surface area contributed by atoms with Crippen LogP contribution >= 0.6 is 11.3 Å². The lowest BCUT2D eigenvalue weighted by molar-refractivity contribution is 0.0782. The van der Waals surface area contributed by atoms with Gasteiger partial charge in [-0.05, 0) is 43.5 Å². The average Bonchev–Trinajstić information content (AvgIpc) is 3.41. The van der Waals surface area contributed by atoms with Crippen molar-refractivity contribution in [2.24, 2.45) is 0 Å². The lowest BCUT2D eigenvalue weighted by atomic mass is 10.2. The van der Waals surface area contributed by atoms with Crippen molar-refractivity contribution in [2.45, 2.75) is 31.9 Å². The van der Waals surface area contributed by atoms with Gasteiger partial charge in [0.15, 0.2) is 5.76 Å². The fourth-order valence-electron chi connectivity index (χ4n) is 3.80. The Morgan fingerprint density at radius 3 is 2.85 bits per heavy atom. The van der Waals surface area contributed by atoms with Crippen molar-refractivity contribution in [1.82, 2.24) is 9.80 Å². The van der Waals surface area contributed by atoms with E-state index < -0.39 is 0 Å². The second-order valence-electron chi connectivity index (χ2n) is 7.19. The van der Waals surface area contributed by atoms with Crippen molar-refractivity contribution in [3.8, 4) is 0 Å². The molecule has 2 aliphatic heterocycles. The third-order valence-corrected chi connectivity index (χ3v) is 6.40. The monoisotopic (exact) mass is 389 g/mol. The van der Waals surface area contributed by atoms with E-state index in [9.17, 15) is 14.7 Å². The molecule has 0 bridgehead atoms. The second kappa shape index (κ2) is 7.46. The highest BCUT2D eigenvalue weighted by Gasteiger charge is 2.35. The van der Waals surface area contributed by atoms with Gasteiger partial charge in [0.05, 0.1) is 22.2 Å². The first-order valence-corrected chi connectivity index (χ1v) is 9.99. The number of aliphatic hydroxyl groups is 1. The molecule has 4 rings (SSSR count). The molecule has 2 unspecified atom stereocenters. The molecule has 2 aromatic heterocycles. The number of furan rings is 1. The molecule has 0 aliphatic carbocycles. The van der Waals surface area contributed by atoms with E-state index in [1.54, 1.807) is 12.1 Å². The standard InChI is InChI=1S/C19H23N3O4S/c1-12-9-16(20-18(24)15-3-2-8-26-15)27-17(12)19(25)22-6-4-13(10-22)21-7-5-14(23)11-21/h2-3,8-9,13-14,23H,4-7,10-11H2,1H3,(H,20,24). The zero-order valence-corrected chi connectivity index (χ0v) is 16.0. The second-order valence-corrected chi connectivity index (χ2v) is 8.24. The molecule has 144 valence electrons. The van der Waals surface area contributed by atoms with Crippen LogP contribution < -0.4 is 5.32 Å². The van der Waals surface area contributed by atoms with E-state index in [2.05, 4.69) is 10.2 Å². The van der Waals surface area contributed by atoms with Gasteiger partial charge < -0.3 is 19.7 Å². The number of likely N-dealkylation sites (tertiary alicyclic amines) is 2. The van der Waals surface area contributed by atoms with E-state index in [-0.39, 0.29) is 23.7 Å². The number of carbonyl (C=O) groups excluding carboxylic acids is 2. The molecule has 7 nitrogen and oxygen atoms in total. The minimum Gasteiger partial charge on any atom is -0.459 e. The zero-order chi connectivity index (χ0) is 19.0. The first kappa shape index (κ1) is 18.2. The summed E-state index contributed by atoms with van der Waals surface area (Å²) < 4.78 is 5.10. The molecule has 4 heterocycles. The molecule has 27 heavy (non-hydrogen) atoms. The molecule has 2 amide bonds. The van der Waals surface area contributed by atoms with Gasteiger partial charge in [-0.15, -0.1) is 11.3 Å². The average molecular weight is 389 g/mol. The Bertz CT molecular complexity index is 832. The maximum atomic E-state index is 13.0. The molecule has 0 saturated carbocycles. The Morgan fingerprint density at radius 1 is 1.30 bits per heavy atom. The molecular formula is C19H23N3O4S. The van der Waals surface area contributed by atoms with Gasteiger partial charge in [-0.3, -0.25) is 14.5 Å². The molecular weight excluding hydrogens is 366 g/mol. The summed E-state index contributed by atoms with van der Waals surface area (Å²) in [5.41, 5.74) is 0.861. The topological polar surface area (TPSA) is 86.0 Å². The fourth-order valence-corrected chi connectivity index (χ4v) is 4.84.